The Hall–Kier alpha value is -3.45. The van der Waals surface area contributed by atoms with Gasteiger partial charge < -0.3 is 36.1 Å². The van der Waals surface area contributed by atoms with Crippen molar-refractivity contribution in [3.8, 4) is 5.75 Å². The molecule has 13 nitrogen and oxygen atoms in total. The van der Waals surface area contributed by atoms with Crippen molar-refractivity contribution in [1.82, 2.24) is 4.98 Å². The first-order chi connectivity index (χ1) is 11.4. The van der Waals surface area contributed by atoms with Crippen molar-refractivity contribution >= 4 is 29.6 Å². The number of carbonyl (C=O) groups is 4. The van der Waals surface area contributed by atoms with Gasteiger partial charge in [0.1, 0.15) is 0 Å². The minimum Gasteiger partial charge on any atom is -0.504 e. The Bertz CT molecular complexity index is 659. The number of carboxylic acid groups (broad SMARTS) is 3. The van der Waals surface area contributed by atoms with Gasteiger partial charge in [-0.15, -0.1) is 0 Å². The van der Waals surface area contributed by atoms with Crippen LogP contribution in [0.1, 0.15) is 23.3 Å². The van der Waals surface area contributed by atoms with E-state index in [1.165, 1.54) is 12.3 Å². The van der Waals surface area contributed by atoms with Crippen LogP contribution in [0.25, 0.3) is 0 Å². The molecule has 0 saturated carbocycles. The fourth-order valence-electron chi connectivity index (χ4n) is 1.39. The first-order valence-corrected chi connectivity index (χ1v) is 6.18. The van der Waals surface area contributed by atoms with Crippen molar-refractivity contribution in [2.45, 2.75) is 18.4 Å². The lowest BCUT2D eigenvalue weighted by molar-refractivity contribution is -0.170. The minimum atomic E-state index is -2.74. The fourth-order valence-corrected chi connectivity index (χ4v) is 1.39. The van der Waals surface area contributed by atoms with E-state index in [2.05, 4.69) is 15.7 Å². The van der Waals surface area contributed by atoms with Crippen LogP contribution < -0.4 is 11.6 Å². The number of carboxylic acids is 3. The monoisotopic (exact) mass is 361 g/mol. The molecule has 13 heteroatoms. The standard InChI is InChI=1S/C6H7N3O3.C6H8O7/c7-3-1-2-9-4(5(3)10)6(11)12-8;7-3(8)1-6(13,5(11)12)2-4(9)10/h1-2,10H,8H2,(H2,7,9);13H,1-2H2,(H,7,8)(H,9,10)(H,11,12). The molecule has 0 spiro atoms. The molecule has 0 aliphatic heterocycles. The van der Waals surface area contributed by atoms with Crippen LogP contribution in [0.4, 0.5) is 5.69 Å². The number of pyridine rings is 1. The normalized spacial score (nSPS) is 10.2. The summed E-state index contributed by atoms with van der Waals surface area (Å²) >= 11 is 0. The molecule has 0 fully saturated rings. The number of anilines is 1. The molecule has 1 aromatic rings. The van der Waals surface area contributed by atoms with E-state index in [9.17, 15) is 19.2 Å². The highest BCUT2D eigenvalue weighted by atomic mass is 16.7. The molecule has 138 valence electrons. The van der Waals surface area contributed by atoms with Crippen molar-refractivity contribution in [2.75, 3.05) is 5.73 Å². The summed E-state index contributed by atoms with van der Waals surface area (Å²) in [6, 6.07) is 1.35. The van der Waals surface area contributed by atoms with Gasteiger partial charge in [0, 0.05) is 6.20 Å². The van der Waals surface area contributed by atoms with Gasteiger partial charge in [0.25, 0.3) is 0 Å². The number of nitrogens with zero attached hydrogens (tertiary/aromatic N) is 1. The van der Waals surface area contributed by atoms with Crippen LogP contribution in [-0.2, 0) is 19.2 Å². The second-order valence-corrected chi connectivity index (χ2v) is 4.48. The van der Waals surface area contributed by atoms with Crippen molar-refractivity contribution in [3.63, 3.8) is 0 Å². The third-order valence-electron chi connectivity index (χ3n) is 2.54. The zero-order valence-electron chi connectivity index (χ0n) is 12.4. The number of rotatable bonds is 6. The highest BCUT2D eigenvalue weighted by Gasteiger charge is 2.40. The van der Waals surface area contributed by atoms with Gasteiger partial charge in [-0.3, -0.25) is 9.59 Å². The molecule has 0 radical (unpaired) electrons. The Balaban J connectivity index is 0.000000462. The van der Waals surface area contributed by atoms with Gasteiger partial charge in [-0.2, -0.15) is 5.90 Å². The van der Waals surface area contributed by atoms with Gasteiger partial charge in [-0.1, -0.05) is 0 Å². The second kappa shape index (κ2) is 8.99. The van der Waals surface area contributed by atoms with Crippen LogP contribution >= 0.6 is 0 Å². The number of carbonyl (C=O) groups excluding carboxylic acids is 1. The molecule has 0 aromatic carbocycles. The SMILES string of the molecule is NOC(=O)c1nccc(N)c1O.O=C(O)CC(O)(CC(=O)O)C(=O)O. The van der Waals surface area contributed by atoms with Crippen molar-refractivity contribution in [1.29, 1.82) is 0 Å². The number of aliphatic hydroxyl groups is 1. The molecule has 0 unspecified atom stereocenters. The molecule has 0 saturated heterocycles. The van der Waals surface area contributed by atoms with Crippen LogP contribution in [0, 0.1) is 0 Å². The Labute approximate surface area is 139 Å². The van der Waals surface area contributed by atoms with Crippen LogP contribution in [0.15, 0.2) is 12.3 Å². The van der Waals surface area contributed by atoms with Crippen LogP contribution in [0.2, 0.25) is 0 Å². The number of nitrogens with two attached hydrogens (primary N) is 2. The van der Waals surface area contributed by atoms with Crippen molar-refractivity contribution < 1.29 is 49.5 Å². The van der Waals surface area contributed by atoms with E-state index >= 15 is 0 Å². The van der Waals surface area contributed by atoms with Gasteiger partial charge in [0.05, 0.1) is 18.5 Å². The average Bonchev–Trinajstić information content (AvgIpc) is 2.48. The molecule has 0 aliphatic carbocycles. The lowest BCUT2D eigenvalue weighted by atomic mass is 9.96. The third kappa shape index (κ3) is 6.67. The van der Waals surface area contributed by atoms with Crippen molar-refractivity contribution in [2.24, 2.45) is 5.90 Å². The molecule has 9 N–H and O–H groups in total. The fraction of sp³-hybridized carbons (Fsp3) is 0.250. The summed E-state index contributed by atoms with van der Waals surface area (Å²) in [7, 11) is 0. The molecule has 25 heavy (non-hydrogen) atoms. The van der Waals surface area contributed by atoms with Crippen LogP contribution in [0.3, 0.4) is 0 Å². The van der Waals surface area contributed by atoms with E-state index < -0.39 is 48.1 Å². The maximum absolute atomic E-state index is 10.8. The zero-order valence-corrected chi connectivity index (χ0v) is 12.4. The first kappa shape index (κ1) is 21.6. The number of aliphatic carboxylic acids is 3. The number of hydrogen-bond donors (Lipinski definition) is 7. The lowest BCUT2D eigenvalue weighted by Gasteiger charge is -2.18. The maximum atomic E-state index is 10.8. The van der Waals surface area contributed by atoms with Crippen LogP contribution in [-0.4, -0.2) is 60.0 Å². The smallest absolute Gasteiger partial charge is 0.379 e. The van der Waals surface area contributed by atoms with Crippen LogP contribution in [0.5, 0.6) is 5.75 Å². The van der Waals surface area contributed by atoms with Gasteiger partial charge in [0.15, 0.2) is 17.0 Å². The van der Waals surface area contributed by atoms with E-state index in [-0.39, 0.29) is 11.4 Å². The van der Waals surface area contributed by atoms with E-state index in [1.54, 1.807) is 0 Å². The number of nitrogen functional groups attached to an aromatic ring is 1. The highest BCUT2D eigenvalue weighted by Crippen LogP contribution is 2.22. The molecule has 0 atom stereocenters. The predicted molar refractivity (Wildman–Crippen MR) is 77.0 cm³/mol. The number of hydrogen-bond acceptors (Lipinski definition) is 10. The van der Waals surface area contributed by atoms with Gasteiger partial charge in [0.2, 0.25) is 0 Å². The van der Waals surface area contributed by atoms with E-state index in [0.717, 1.165) is 0 Å². The maximum Gasteiger partial charge on any atom is 0.379 e. The molecule has 1 aromatic heterocycles. The largest absolute Gasteiger partial charge is 0.504 e. The lowest BCUT2D eigenvalue weighted by Crippen LogP contribution is -2.42. The summed E-state index contributed by atoms with van der Waals surface area (Å²) in [5.74, 6) is -1.79. The molecule has 0 aliphatic rings. The van der Waals surface area contributed by atoms with Gasteiger partial charge >= 0.3 is 23.9 Å². The second-order valence-electron chi connectivity index (χ2n) is 4.48. The Morgan fingerprint density at radius 1 is 1.12 bits per heavy atom. The molecular weight excluding hydrogens is 346 g/mol. The molecule has 1 heterocycles. The summed E-state index contributed by atoms with van der Waals surface area (Å²) in [6.07, 6.45) is -1.02. The van der Waals surface area contributed by atoms with E-state index in [0.29, 0.717) is 0 Å². The molecule has 0 amide bonds. The van der Waals surface area contributed by atoms with E-state index in [1.807, 2.05) is 0 Å². The number of aromatic nitrogens is 1. The molecular formula is C12H15N3O10. The predicted octanol–water partition coefficient (Wildman–Crippen LogP) is -1.85. The first-order valence-electron chi connectivity index (χ1n) is 6.18. The van der Waals surface area contributed by atoms with Crippen molar-refractivity contribution in [3.05, 3.63) is 18.0 Å². The van der Waals surface area contributed by atoms with E-state index in [4.69, 9.17) is 31.3 Å². The minimum absolute atomic E-state index is 0.0467. The van der Waals surface area contributed by atoms with Gasteiger partial charge in [-0.25, -0.2) is 14.6 Å². The Morgan fingerprint density at radius 2 is 1.60 bits per heavy atom. The average molecular weight is 361 g/mol. The summed E-state index contributed by atoms with van der Waals surface area (Å²) in [5, 5.41) is 43.0. The summed E-state index contributed by atoms with van der Waals surface area (Å²) in [4.78, 5) is 48.6. The highest BCUT2D eigenvalue weighted by molar-refractivity contribution is 5.91. The summed E-state index contributed by atoms with van der Waals surface area (Å²) in [5.41, 5.74) is 2.29. The number of aromatic hydroxyl groups is 1. The Morgan fingerprint density at radius 3 is 1.96 bits per heavy atom. The summed E-state index contributed by atoms with van der Waals surface area (Å²) in [6.45, 7) is 0. The molecule has 1 rings (SSSR count). The third-order valence-corrected chi connectivity index (χ3v) is 2.54. The quantitative estimate of drug-likeness (QED) is 0.275. The summed E-state index contributed by atoms with van der Waals surface area (Å²) < 4.78 is 0. The zero-order chi connectivity index (χ0) is 19.8. The molecule has 0 bridgehead atoms. The van der Waals surface area contributed by atoms with Gasteiger partial charge in [-0.05, 0) is 6.07 Å². The topological polar surface area (TPSA) is 244 Å². The Kier molecular flexibility index (Phi) is 7.75.